The minimum absolute atomic E-state index is 0.00834. The molecule has 6 aliphatic rings. The Morgan fingerprint density at radius 1 is 1.02 bits per heavy atom. The Hall–Kier alpha value is -3.50. The van der Waals surface area contributed by atoms with Gasteiger partial charge >= 0.3 is 6.61 Å². The van der Waals surface area contributed by atoms with Crippen molar-refractivity contribution in [2.45, 2.75) is 108 Å². The number of nitrogens with zero attached hydrogens (tertiary/aromatic N) is 5. The number of anilines is 1. The van der Waals surface area contributed by atoms with Crippen molar-refractivity contribution in [1.29, 1.82) is 0 Å². The molecule has 4 bridgehead atoms. The molecule has 2 aromatic heterocycles. The maximum Gasteiger partial charge on any atom is 0.387 e. The van der Waals surface area contributed by atoms with Crippen LogP contribution in [-0.4, -0.2) is 44.8 Å². The average molecular weight is 610 g/mol. The van der Waals surface area contributed by atoms with Gasteiger partial charge in [-0.15, -0.1) is 0 Å². The summed E-state index contributed by atoms with van der Waals surface area (Å²) in [5, 5.41) is 4.29. The molecular weight excluding hydrogens is 571 g/mol. The molecule has 6 aliphatic carbocycles. The number of halogens is 3. The maximum atomic E-state index is 14.4. The fraction of sp³-hybridized carbons (Fsp3) is 0.606. The van der Waals surface area contributed by atoms with E-state index in [0.717, 1.165) is 55.9 Å². The van der Waals surface area contributed by atoms with Crippen molar-refractivity contribution in [1.82, 2.24) is 20.1 Å². The fourth-order valence-corrected chi connectivity index (χ4v) is 8.13. The summed E-state index contributed by atoms with van der Waals surface area (Å²) in [6, 6.07) is 7.46. The summed E-state index contributed by atoms with van der Waals surface area (Å²) < 4.78 is 49.8. The molecule has 44 heavy (non-hydrogen) atoms. The van der Waals surface area contributed by atoms with E-state index in [1.165, 1.54) is 12.4 Å². The number of carbonyl (C=O) groups is 1. The topological polar surface area (TPSA) is 94.2 Å². The van der Waals surface area contributed by atoms with E-state index in [0.29, 0.717) is 43.6 Å². The first-order valence-corrected chi connectivity index (χ1v) is 15.5. The van der Waals surface area contributed by atoms with Gasteiger partial charge in [0.1, 0.15) is 5.67 Å². The van der Waals surface area contributed by atoms with Gasteiger partial charge in [0.15, 0.2) is 17.4 Å². The number of carbonyl (C=O) groups excluding carboxylic acids is 1. The van der Waals surface area contributed by atoms with Gasteiger partial charge < -0.3 is 14.2 Å². The molecule has 1 aromatic carbocycles. The van der Waals surface area contributed by atoms with Crippen LogP contribution in [0.2, 0.25) is 0 Å². The summed E-state index contributed by atoms with van der Waals surface area (Å²) in [4.78, 5) is 29.2. The van der Waals surface area contributed by atoms with E-state index < -0.39 is 12.3 Å². The lowest BCUT2D eigenvalue weighted by Crippen LogP contribution is -2.65. The quantitative estimate of drug-likeness (QED) is 0.251. The second-order valence-electron chi connectivity index (χ2n) is 15.0. The van der Waals surface area contributed by atoms with Gasteiger partial charge in [0.05, 0.1) is 12.4 Å². The standard InChI is InChI=1S/C33H38F3N5O3/c1-29(2,3)26-39-27(44-40-26)32-10-7-30(8-11-32,9-12-32)20-41(24(42)14-31-17-33(36,18-31)19-31)22-6-4-5-21(13-22)25-37-15-23(16-38-25)43-28(34)35/h4-6,13,15-16,28H,7-12,14,17-20H2,1-3H3. The molecule has 0 atom stereocenters. The summed E-state index contributed by atoms with van der Waals surface area (Å²) in [7, 11) is 0. The molecule has 0 N–H and O–H groups in total. The number of ether oxygens (including phenoxy) is 1. The van der Waals surface area contributed by atoms with E-state index in [2.05, 4.69) is 40.6 Å². The fourth-order valence-electron chi connectivity index (χ4n) is 8.13. The highest BCUT2D eigenvalue weighted by molar-refractivity contribution is 5.94. The normalized spacial score (nSPS) is 30.5. The maximum absolute atomic E-state index is 14.4. The highest BCUT2D eigenvalue weighted by atomic mass is 19.3. The molecule has 3 aromatic rings. The smallest absolute Gasteiger partial charge is 0.387 e. The third-order valence-electron chi connectivity index (χ3n) is 10.6. The van der Waals surface area contributed by atoms with E-state index >= 15 is 0 Å². The third-order valence-corrected chi connectivity index (χ3v) is 10.6. The van der Waals surface area contributed by atoms with E-state index in [1.807, 2.05) is 29.2 Å². The molecule has 0 radical (unpaired) electrons. The minimum atomic E-state index is -2.96. The summed E-state index contributed by atoms with van der Waals surface area (Å²) >= 11 is 0. The Kier molecular flexibility index (Phi) is 6.64. The second-order valence-corrected chi connectivity index (χ2v) is 15.0. The van der Waals surface area contributed by atoms with Crippen LogP contribution in [-0.2, 0) is 15.6 Å². The van der Waals surface area contributed by atoms with Gasteiger partial charge in [-0.2, -0.15) is 13.8 Å². The SMILES string of the molecule is CC(C)(C)c1noc(C23CCC(CN(C(=O)CC45CC(F)(C4)C5)c4cccc(-c5ncc(OC(F)F)cn5)c4)(CC2)CC3)n1. The van der Waals surface area contributed by atoms with Crippen LogP contribution in [0.15, 0.2) is 41.2 Å². The summed E-state index contributed by atoms with van der Waals surface area (Å²) in [6.45, 7) is 3.85. The van der Waals surface area contributed by atoms with Crippen LogP contribution >= 0.6 is 0 Å². The third kappa shape index (κ3) is 5.15. The van der Waals surface area contributed by atoms with E-state index in [9.17, 15) is 18.0 Å². The Morgan fingerprint density at radius 2 is 1.68 bits per heavy atom. The van der Waals surface area contributed by atoms with Gasteiger partial charge in [-0.3, -0.25) is 4.79 Å². The van der Waals surface area contributed by atoms with Crippen molar-refractivity contribution in [2.24, 2.45) is 10.8 Å². The molecule has 0 saturated heterocycles. The molecule has 0 spiro atoms. The zero-order valence-electron chi connectivity index (χ0n) is 25.4. The average Bonchev–Trinajstić information content (AvgIpc) is 3.48. The lowest BCUT2D eigenvalue weighted by atomic mass is 9.41. The highest BCUT2D eigenvalue weighted by Gasteiger charge is 2.69. The molecule has 9 rings (SSSR count). The van der Waals surface area contributed by atoms with Gasteiger partial charge in [-0.1, -0.05) is 38.1 Å². The molecular formula is C33H38F3N5O3. The number of alkyl halides is 3. The van der Waals surface area contributed by atoms with Gasteiger partial charge in [0.2, 0.25) is 11.8 Å². The molecule has 8 nitrogen and oxygen atoms in total. The van der Waals surface area contributed by atoms with Crippen molar-refractivity contribution in [3.8, 4) is 17.1 Å². The number of benzene rings is 1. The first-order valence-electron chi connectivity index (χ1n) is 15.5. The van der Waals surface area contributed by atoms with Gasteiger partial charge in [-0.25, -0.2) is 14.4 Å². The van der Waals surface area contributed by atoms with Crippen molar-refractivity contribution in [3.63, 3.8) is 0 Å². The summed E-state index contributed by atoms with van der Waals surface area (Å²) in [6.07, 6.45) is 9.76. The Morgan fingerprint density at radius 3 is 2.25 bits per heavy atom. The van der Waals surface area contributed by atoms with E-state index in [4.69, 9.17) is 9.51 Å². The van der Waals surface area contributed by atoms with Crippen molar-refractivity contribution < 1.29 is 27.2 Å². The number of aromatic nitrogens is 4. The zero-order chi connectivity index (χ0) is 31.0. The second kappa shape index (κ2) is 10.0. The highest BCUT2D eigenvalue weighted by Crippen LogP contribution is 2.71. The van der Waals surface area contributed by atoms with E-state index in [-0.39, 0.29) is 33.3 Å². The number of fused-ring (bicyclic) bond motifs is 3. The Bertz CT molecular complexity index is 1520. The van der Waals surface area contributed by atoms with Crippen molar-refractivity contribution >= 4 is 11.6 Å². The molecule has 11 heteroatoms. The molecule has 234 valence electrons. The number of amides is 1. The van der Waals surface area contributed by atoms with Gasteiger partial charge in [-0.05, 0) is 80.8 Å². The monoisotopic (exact) mass is 609 g/mol. The Labute approximate surface area is 254 Å². The van der Waals surface area contributed by atoms with Crippen molar-refractivity contribution in [3.05, 3.63) is 48.4 Å². The van der Waals surface area contributed by atoms with Crippen molar-refractivity contribution in [2.75, 3.05) is 11.4 Å². The summed E-state index contributed by atoms with van der Waals surface area (Å²) in [5.41, 5.74) is -0.257. The van der Waals surface area contributed by atoms with Crippen LogP contribution in [0, 0.1) is 10.8 Å². The lowest BCUT2D eigenvalue weighted by molar-refractivity contribution is -0.215. The largest absolute Gasteiger partial charge is 0.432 e. The molecule has 2 heterocycles. The minimum Gasteiger partial charge on any atom is -0.432 e. The molecule has 0 unspecified atom stereocenters. The number of rotatable bonds is 9. The molecule has 0 aliphatic heterocycles. The number of hydrogen-bond donors (Lipinski definition) is 0. The summed E-state index contributed by atoms with van der Waals surface area (Å²) in [5.74, 6) is 1.69. The Balaban J connectivity index is 1.13. The van der Waals surface area contributed by atoms with Gasteiger partial charge in [0.25, 0.3) is 0 Å². The van der Waals surface area contributed by atoms with Crippen LogP contribution in [0.4, 0.5) is 18.9 Å². The van der Waals surface area contributed by atoms with E-state index in [1.54, 1.807) is 0 Å². The van der Waals surface area contributed by atoms with Crippen LogP contribution < -0.4 is 9.64 Å². The lowest BCUT2D eigenvalue weighted by Gasteiger charge is -2.66. The van der Waals surface area contributed by atoms with Crippen LogP contribution in [0.25, 0.3) is 11.4 Å². The zero-order valence-corrected chi connectivity index (χ0v) is 25.4. The first-order chi connectivity index (χ1) is 20.8. The predicted octanol–water partition coefficient (Wildman–Crippen LogP) is 7.33. The van der Waals surface area contributed by atoms with Crippen LogP contribution in [0.5, 0.6) is 5.75 Å². The first kappa shape index (κ1) is 29.2. The molecule has 6 fully saturated rings. The molecule has 1 amide bonds. The van der Waals surface area contributed by atoms with Crippen LogP contribution in [0.3, 0.4) is 0 Å². The number of hydrogen-bond acceptors (Lipinski definition) is 7. The molecule has 6 saturated carbocycles. The van der Waals surface area contributed by atoms with Crippen LogP contribution in [0.1, 0.15) is 96.7 Å². The predicted molar refractivity (Wildman–Crippen MR) is 156 cm³/mol. The van der Waals surface area contributed by atoms with Gasteiger partial charge in [0, 0.05) is 35.0 Å².